The minimum atomic E-state index is -0.488. The number of hydrogen-bond acceptors (Lipinski definition) is 5. The summed E-state index contributed by atoms with van der Waals surface area (Å²) in [5.74, 6) is 1.92. The number of likely N-dealkylation sites (tertiary alicyclic amines) is 1. The maximum atomic E-state index is 13.2. The van der Waals surface area contributed by atoms with E-state index in [4.69, 9.17) is 14.2 Å². The van der Waals surface area contributed by atoms with Gasteiger partial charge in [0.15, 0.2) is 0 Å². The summed E-state index contributed by atoms with van der Waals surface area (Å²) in [5, 5.41) is 2.84. The van der Waals surface area contributed by atoms with Gasteiger partial charge in [0.25, 0.3) is 0 Å². The maximum Gasteiger partial charge on any atom is 0.245 e. The molecule has 7 heteroatoms. The summed E-state index contributed by atoms with van der Waals surface area (Å²) in [7, 11) is 1.66. The van der Waals surface area contributed by atoms with Crippen LogP contribution in [0.15, 0.2) is 18.2 Å². The molecule has 176 valence electrons. The topological polar surface area (TPSA) is 77.1 Å². The molecular formula is C25H36N2O5. The SMILES string of the molecule is COc1ccc2c(c1)OC(C)(C)[C@@H]1C[C@H]3CN(C(=O)[C@@H](NC(C)=O)C(C)C)CC[C@H]3O[C@@H]21. The maximum absolute atomic E-state index is 13.2. The first-order valence-corrected chi connectivity index (χ1v) is 11.7. The molecule has 7 nitrogen and oxygen atoms in total. The molecule has 5 atom stereocenters. The number of nitrogens with one attached hydrogen (secondary N) is 1. The minimum Gasteiger partial charge on any atom is -0.497 e. The first-order valence-electron chi connectivity index (χ1n) is 11.7. The molecule has 1 N–H and O–H groups in total. The molecule has 4 rings (SSSR count). The lowest BCUT2D eigenvalue weighted by Gasteiger charge is -2.53. The quantitative estimate of drug-likeness (QED) is 0.771. The third-order valence-corrected chi connectivity index (χ3v) is 7.30. The van der Waals surface area contributed by atoms with Gasteiger partial charge in [-0.05, 0) is 44.7 Å². The number of hydrogen-bond donors (Lipinski definition) is 1. The fourth-order valence-corrected chi connectivity index (χ4v) is 5.54. The van der Waals surface area contributed by atoms with Gasteiger partial charge >= 0.3 is 0 Å². The molecule has 2 saturated heterocycles. The summed E-state index contributed by atoms with van der Waals surface area (Å²) < 4.78 is 18.5. The molecule has 0 aromatic heterocycles. The van der Waals surface area contributed by atoms with E-state index in [9.17, 15) is 9.59 Å². The highest BCUT2D eigenvalue weighted by Crippen LogP contribution is 2.53. The van der Waals surface area contributed by atoms with Crippen molar-refractivity contribution in [1.82, 2.24) is 10.2 Å². The van der Waals surface area contributed by atoms with Crippen LogP contribution in [0.25, 0.3) is 0 Å². The average molecular weight is 445 g/mol. The Morgan fingerprint density at radius 1 is 1.28 bits per heavy atom. The van der Waals surface area contributed by atoms with Crippen LogP contribution in [0.4, 0.5) is 0 Å². The zero-order valence-electron chi connectivity index (χ0n) is 20.0. The van der Waals surface area contributed by atoms with Gasteiger partial charge in [-0.3, -0.25) is 9.59 Å². The van der Waals surface area contributed by atoms with Crippen molar-refractivity contribution < 1.29 is 23.8 Å². The lowest BCUT2D eigenvalue weighted by molar-refractivity contribution is -0.189. The van der Waals surface area contributed by atoms with Crippen molar-refractivity contribution in [1.29, 1.82) is 0 Å². The Labute approximate surface area is 190 Å². The van der Waals surface area contributed by atoms with E-state index in [0.29, 0.717) is 13.1 Å². The van der Waals surface area contributed by atoms with Gasteiger partial charge in [0.2, 0.25) is 11.8 Å². The van der Waals surface area contributed by atoms with E-state index in [2.05, 4.69) is 25.2 Å². The molecule has 3 heterocycles. The highest BCUT2D eigenvalue weighted by molar-refractivity contribution is 5.87. The summed E-state index contributed by atoms with van der Waals surface area (Å²) in [4.78, 5) is 26.8. The number of benzene rings is 1. The fourth-order valence-electron chi connectivity index (χ4n) is 5.54. The third kappa shape index (κ3) is 4.19. The summed E-state index contributed by atoms with van der Waals surface area (Å²) in [6, 6.07) is 5.47. The van der Waals surface area contributed by atoms with E-state index >= 15 is 0 Å². The molecule has 32 heavy (non-hydrogen) atoms. The second kappa shape index (κ2) is 8.58. The molecular weight excluding hydrogens is 408 g/mol. The lowest BCUT2D eigenvalue weighted by atomic mass is 9.70. The Hall–Kier alpha value is -2.28. The van der Waals surface area contributed by atoms with Gasteiger partial charge in [-0.15, -0.1) is 0 Å². The molecule has 0 spiro atoms. The van der Waals surface area contributed by atoms with Crippen LogP contribution in [-0.2, 0) is 14.3 Å². The highest BCUT2D eigenvalue weighted by atomic mass is 16.5. The highest BCUT2D eigenvalue weighted by Gasteiger charge is 2.52. The second-order valence-corrected chi connectivity index (χ2v) is 10.3. The molecule has 0 bridgehead atoms. The summed E-state index contributed by atoms with van der Waals surface area (Å²) in [6.45, 7) is 10.9. The smallest absolute Gasteiger partial charge is 0.245 e. The molecule has 2 fully saturated rings. The Balaban J connectivity index is 1.53. The third-order valence-electron chi connectivity index (χ3n) is 7.30. The van der Waals surface area contributed by atoms with E-state index in [1.165, 1.54) is 6.92 Å². The Morgan fingerprint density at radius 2 is 2.03 bits per heavy atom. The normalized spacial score (nSPS) is 29.2. The van der Waals surface area contributed by atoms with Crippen LogP contribution < -0.4 is 14.8 Å². The Kier molecular flexibility index (Phi) is 6.14. The molecule has 0 saturated carbocycles. The van der Waals surface area contributed by atoms with Gasteiger partial charge in [0.1, 0.15) is 23.1 Å². The molecule has 2 amide bonds. The van der Waals surface area contributed by atoms with Gasteiger partial charge in [-0.25, -0.2) is 0 Å². The van der Waals surface area contributed by atoms with Crippen LogP contribution in [0.1, 0.15) is 59.1 Å². The van der Waals surface area contributed by atoms with Gasteiger partial charge in [-0.1, -0.05) is 13.8 Å². The monoisotopic (exact) mass is 444 g/mol. The predicted molar refractivity (Wildman–Crippen MR) is 121 cm³/mol. The zero-order valence-corrected chi connectivity index (χ0v) is 20.0. The first-order chi connectivity index (χ1) is 15.1. The van der Waals surface area contributed by atoms with Gasteiger partial charge in [0, 0.05) is 43.5 Å². The van der Waals surface area contributed by atoms with Crippen molar-refractivity contribution in [2.24, 2.45) is 17.8 Å². The Morgan fingerprint density at radius 3 is 2.69 bits per heavy atom. The Bertz CT molecular complexity index is 883. The van der Waals surface area contributed by atoms with Crippen LogP contribution in [-0.4, -0.2) is 54.7 Å². The van der Waals surface area contributed by atoms with E-state index in [1.807, 2.05) is 30.9 Å². The van der Waals surface area contributed by atoms with Crippen molar-refractivity contribution in [3.05, 3.63) is 23.8 Å². The molecule has 0 radical (unpaired) electrons. The van der Waals surface area contributed by atoms with Crippen molar-refractivity contribution in [2.75, 3.05) is 20.2 Å². The summed E-state index contributed by atoms with van der Waals surface area (Å²) in [5.41, 5.74) is 0.690. The van der Waals surface area contributed by atoms with Crippen LogP contribution >= 0.6 is 0 Å². The summed E-state index contributed by atoms with van der Waals surface area (Å²) in [6.07, 6.45) is 1.83. The number of rotatable bonds is 4. The molecule has 3 aliphatic rings. The van der Waals surface area contributed by atoms with E-state index in [0.717, 1.165) is 29.9 Å². The van der Waals surface area contributed by atoms with Gasteiger partial charge in [0.05, 0.1) is 19.3 Å². The van der Waals surface area contributed by atoms with E-state index in [1.54, 1.807) is 7.11 Å². The molecule has 1 aromatic rings. The zero-order chi connectivity index (χ0) is 23.2. The van der Waals surface area contributed by atoms with Crippen molar-refractivity contribution >= 4 is 11.8 Å². The predicted octanol–water partition coefficient (Wildman–Crippen LogP) is 3.32. The average Bonchev–Trinajstić information content (AvgIpc) is 2.74. The van der Waals surface area contributed by atoms with Crippen LogP contribution in [0.5, 0.6) is 11.5 Å². The standard InChI is InChI=1S/C25H36N2O5/c1-14(2)22(26-15(3)28)24(29)27-10-9-20-16(13-27)11-19-23(31-20)18-8-7-17(30-6)12-21(18)32-25(19,4)5/h7-8,12,14,16,19-20,22-23H,9-11,13H2,1-6H3,(H,26,28)/t16-,19+,20+,22-,23-/m0/s1. The number of amides is 2. The number of methoxy groups -OCH3 is 1. The number of carbonyl (C=O) groups is 2. The number of fused-ring (bicyclic) bond motifs is 4. The van der Waals surface area contributed by atoms with E-state index in [-0.39, 0.29) is 41.8 Å². The second-order valence-electron chi connectivity index (χ2n) is 10.3. The molecule has 0 aliphatic carbocycles. The number of nitrogens with zero attached hydrogens (tertiary/aromatic N) is 1. The summed E-state index contributed by atoms with van der Waals surface area (Å²) >= 11 is 0. The van der Waals surface area contributed by atoms with Crippen molar-refractivity contribution in [2.45, 2.75) is 71.3 Å². The van der Waals surface area contributed by atoms with Gasteiger partial charge in [-0.2, -0.15) is 0 Å². The molecule has 0 unspecified atom stereocenters. The number of ether oxygens (including phenoxy) is 3. The molecule has 3 aliphatic heterocycles. The van der Waals surface area contributed by atoms with Crippen molar-refractivity contribution in [3.63, 3.8) is 0 Å². The lowest BCUT2D eigenvalue weighted by Crippen LogP contribution is -2.58. The van der Waals surface area contributed by atoms with Crippen molar-refractivity contribution in [3.8, 4) is 11.5 Å². The molecule has 1 aromatic carbocycles. The van der Waals surface area contributed by atoms with Crippen LogP contribution in [0, 0.1) is 17.8 Å². The fraction of sp³-hybridized carbons (Fsp3) is 0.680. The van der Waals surface area contributed by atoms with E-state index < -0.39 is 11.6 Å². The van der Waals surface area contributed by atoms with Crippen LogP contribution in [0.3, 0.4) is 0 Å². The van der Waals surface area contributed by atoms with Gasteiger partial charge < -0.3 is 24.4 Å². The number of carbonyl (C=O) groups excluding carboxylic acids is 2. The van der Waals surface area contributed by atoms with Crippen LogP contribution in [0.2, 0.25) is 0 Å². The number of piperidine rings is 1. The largest absolute Gasteiger partial charge is 0.497 e. The first kappa shape index (κ1) is 22.9. The minimum absolute atomic E-state index is 0.00682.